The monoisotopic (exact) mass is 185 g/mol. The highest BCUT2D eigenvalue weighted by Crippen LogP contribution is 2.18. The van der Waals surface area contributed by atoms with Crippen LogP contribution in [-0.2, 0) is 0 Å². The Morgan fingerprint density at radius 2 is 1.85 bits per heavy atom. The van der Waals surface area contributed by atoms with E-state index < -0.39 is 0 Å². The maximum absolute atomic E-state index is 9.16. The van der Waals surface area contributed by atoms with Gasteiger partial charge in [-0.15, -0.1) is 0 Å². The molecule has 2 heteroatoms. The van der Waals surface area contributed by atoms with Crippen molar-refractivity contribution in [3.63, 3.8) is 0 Å². The fourth-order valence-corrected chi connectivity index (χ4v) is 2.03. The summed E-state index contributed by atoms with van der Waals surface area (Å²) in [6, 6.07) is 0.955. The van der Waals surface area contributed by atoms with Gasteiger partial charge in [-0.1, -0.05) is 33.1 Å². The van der Waals surface area contributed by atoms with Gasteiger partial charge in [0.15, 0.2) is 0 Å². The normalized spacial score (nSPS) is 22.2. The van der Waals surface area contributed by atoms with Crippen LogP contribution in [0.25, 0.3) is 0 Å². The molecular formula is C11H23NO. The molecule has 13 heavy (non-hydrogen) atoms. The van der Waals surface area contributed by atoms with E-state index >= 15 is 0 Å². The topological polar surface area (TPSA) is 32.3 Å². The average molecular weight is 185 g/mol. The number of rotatable bonds is 4. The minimum absolute atomic E-state index is 0.272. The largest absolute Gasteiger partial charge is 0.395 e. The van der Waals surface area contributed by atoms with E-state index in [1.54, 1.807) is 0 Å². The number of nitrogens with one attached hydrogen (secondary N) is 1. The van der Waals surface area contributed by atoms with Crippen molar-refractivity contribution >= 4 is 0 Å². The molecule has 0 radical (unpaired) electrons. The molecule has 0 unspecified atom stereocenters. The van der Waals surface area contributed by atoms with E-state index in [9.17, 15) is 0 Å². The Kier molecular flexibility index (Phi) is 4.74. The second-order valence-corrected chi connectivity index (χ2v) is 4.53. The highest BCUT2D eigenvalue weighted by Gasteiger charge is 2.19. The van der Waals surface area contributed by atoms with E-state index in [0.717, 1.165) is 0 Å². The summed E-state index contributed by atoms with van der Waals surface area (Å²) in [4.78, 5) is 0. The maximum Gasteiger partial charge on any atom is 0.0587 e. The number of hydrogen-bond donors (Lipinski definition) is 2. The first-order chi connectivity index (χ1) is 6.24. The lowest BCUT2D eigenvalue weighted by molar-refractivity contribution is 0.188. The molecule has 0 aromatic rings. The van der Waals surface area contributed by atoms with Gasteiger partial charge < -0.3 is 10.4 Å². The van der Waals surface area contributed by atoms with Crippen molar-refractivity contribution in [2.24, 2.45) is 5.92 Å². The van der Waals surface area contributed by atoms with Crippen LogP contribution in [0.5, 0.6) is 0 Å². The van der Waals surface area contributed by atoms with E-state index in [0.29, 0.717) is 18.0 Å². The van der Waals surface area contributed by atoms with Gasteiger partial charge in [-0.25, -0.2) is 0 Å². The van der Waals surface area contributed by atoms with E-state index in [-0.39, 0.29) is 6.61 Å². The molecule has 78 valence electrons. The Labute approximate surface area is 81.7 Å². The minimum atomic E-state index is 0.272. The molecule has 0 saturated heterocycles. The van der Waals surface area contributed by atoms with Crippen LogP contribution in [0.4, 0.5) is 0 Å². The van der Waals surface area contributed by atoms with Gasteiger partial charge in [0.25, 0.3) is 0 Å². The Hall–Kier alpha value is -0.0800. The quantitative estimate of drug-likeness (QED) is 0.701. The molecule has 2 N–H and O–H groups in total. The molecule has 0 bridgehead atoms. The molecule has 1 rings (SSSR count). The molecule has 2 nitrogen and oxygen atoms in total. The summed E-state index contributed by atoms with van der Waals surface area (Å²) in [5.41, 5.74) is 0. The summed E-state index contributed by atoms with van der Waals surface area (Å²) < 4.78 is 0. The molecule has 0 amide bonds. The highest BCUT2D eigenvalue weighted by molar-refractivity contribution is 4.78. The third kappa shape index (κ3) is 3.65. The van der Waals surface area contributed by atoms with Gasteiger partial charge in [-0.2, -0.15) is 0 Å². The number of hydrogen-bond acceptors (Lipinski definition) is 2. The van der Waals surface area contributed by atoms with Gasteiger partial charge in [0.2, 0.25) is 0 Å². The highest BCUT2D eigenvalue weighted by atomic mass is 16.3. The molecule has 1 aliphatic rings. The third-order valence-corrected chi connectivity index (χ3v) is 3.06. The summed E-state index contributed by atoms with van der Waals surface area (Å²) in [6.07, 6.45) is 6.69. The Morgan fingerprint density at radius 3 is 2.31 bits per heavy atom. The number of aliphatic hydroxyl groups excluding tert-OH is 1. The van der Waals surface area contributed by atoms with Crippen molar-refractivity contribution in [3.8, 4) is 0 Å². The smallest absolute Gasteiger partial charge is 0.0587 e. The van der Waals surface area contributed by atoms with Crippen molar-refractivity contribution in [1.82, 2.24) is 5.32 Å². The molecule has 0 aromatic carbocycles. The first-order valence-electron chi connectivity index (χ1n) is 5.61. The summed E-state index contributed by atoms with van der Waals surface area (Å²) in [5.74, 6) is 0.534. The van der Waals surface area contributed by atoms with Crippen molar-refractivity contribution in [3.05, 3.63) is 0 Å². The van der Waals surface area contributed by atoms with Crippen molar-refractivity contribution in [2.75, 3.05) is 6.61 Å². The van der Waals surface area contributed by atoms with Crippen LogP contribution < -0.4 is 5.32 Å². The van der Waals surface area contributed by atoms with Gasteiger partial charge in [0, 0.05) is 12.1 Å². The fourth-order valence-electron chi connectivity index (χ4n) is 2.03. The zero-order valence-electron chi connectivity index (χ0n) is 8.92. The SMILES string of the molecule is CC(C)[C@H](CO)NC1CCCCC1. The van der Waals surface area contributed by atoms with Crippen LogP contribution in [0.2, 0.25) is 0 Å². The zero-order chi connectivity index (χ0) is 9.68. The molecule has 1 aliphatic carbocycles. The predicted octanol–water partition coefficient (Wildman–Crippen LogP) is 1.93. The van der Waals surface area contributed by atoms with Crippen LogP contribution in [0, 0.1) is 5.92 Å². The van der Waals surface area contributed by atoms with Crippen LogP contribution in [-0.4, -0.2) is 23.8 Å². The van der Waals surface area contributed by atoms with Crippen LogP contribution >= 0.6 is 0 Å². The average Bonchev–Trinajstić information content (AvgIpc) is 2.15. The lowest BCUT2D eigenvalue weighted by Gasteiger charge is -2.29. The van der Waals surface area contributed by atoms with E-state index in [1.165, 1.54) is 32.1 Å². The predicted molar refractivity (Wildman–Crippen MR) is 55.7 cm³/mol. The van der Waals surface area contributed by atoms with E-state index in [2.05, 4.69) is 19.2 Å². The molecule has 0 heterocycles. The maximum atomic E-state index is 9.16. The van der Waals surface area contributed by atoms with Crippen LogP contribution in [0.15, 0.2) is 0 Å². The van der Waals surface area contributed by atoms with Gasteiger partial charge >= 0.3 is 0 Å². The molecule has 1 saturated carbocycles. The van der Waals surface area contributed by atoms with Gasteiger partial charge in [0.1, 0.15) is 0 Å². The molecule has 1 fully saturated rings. The van der Waals surface area contributed by atoms with Crippen molar-refractivity contribution < 1.29 is 5.11 Å². The second-order valence-electron chi connectivity index (χ2n) is 4.53. The Bertz CT molecular complexity index is 130. The lowest BCUT2D eigenvalue weighted by Crippen LogP contribution is -2.44. The molecule has 0 aliphatic heterocycles. The first kappa shape index (κ1) is 11.0. The zero-order valence-corrected chi connectivity index (χ0v) is 8.92. The minimum Gasteiger partial charge on any atom is -0.395 e. The van der Waals surface area contributed by atoms with Crippen LogP contribution in [0.1, 0.15) is 46.0 Å². The Balaban J connectivity index is 2.27. The summed E-state index contributed by atoms with van der Waals surface area (Å²) >= 11 is 0. The van der Waals surface area contributed by atoms with Gasteiger partial charge in [-0.3, -0.25) is 0 Å². The van der Waals surface area contributed by atoms with Gasteiger partial charge in [0.05, 0.1) is 6.61 Å². The van der Waals surface area contributed by atoms with E-state index in [1.807, 2.05) is 0 Å². The van der Waals surface area contributed by atoms with E-state index in [4.69, 9.17) is 5.11 Å². The van der Waals surface area contributed by atoms with Crippen molar-refractivity contribution in [1.29, 1.82) is 0 Å². The number of aliphatic hydroxyl groups is 1. The summed E-state index contributed by atoms with van der Waals surface area (Å²) in [6.45, 7) is 4.60. The van der Waals surface area contributed by atoms with Crippen molar-refractivity contribution in [2.45, 2.75) is 58.0 Å². The fraction of sp³-hybridized carbons (Fsp3) is 1.00. The Morgan fingerprint density at radius 1 is 1.23 bits per heavy atom. The standard InChI is InChI=1S/C11H23NO/c1-9(2)11(8-13)12-10-6-4-3-5-7-10/h9-13H,3-8H2,1-2H3/t11-/m0/s1. The molecular weight excluding hydrogens is 162 g/mol. The molecule has 0 aromatic heterocycles. The second kappa shape index (κ2) is 5.61. The third-order valence-electron chi connectivity index (χ3n) is 3.06. The summed E-state index contributed by atoms with van der Waals surface area (Å²) in [5, 5.41) is 12.7. The molecule has 1 atom stereocenters. The molecule has 0 spiro atoms. The first-order valence-corrected chi connectivity index (χ1v) is 5.61. The summed E-state index contributed by atoms with van der Waals surface area (Å²) in [7, 11) is 0. The van der Waals surface area contributed by atoms with Gasteiger partial charge in [-0.05, 0) is 18.8 Å². The van der Waals surface area contributed by atoms with Crippen LogP contribution in [0.3, 0.4) is 0 Å². The lowest BCUT2D eigenvalue weighted by atomic mass is 9.93.